The SMILES string of the molecule is Cn1c(N)c(N=Nc2ccccc2O)c(=O)n(C)c1=O.Cn1c(N)c(N=Nc2ccccc2O)c(=O)n(C)c1=O. The van der Waals surface area contributed by atoms with Crippen molar-refractivity contribution in [2.75, 3.05) is 11.5 Å². The van der Waals surface area contributed by atoms with Crippen molar-refractivity contribution >= 4 is 34.4 Å². The van der Waals surface area contributed by atoms with E-state index in [1.165, 1.54) is 52.5 Å². The topological polar surface area (TPSA) is 230 Å². The second kappa shape index (κ2) is 11.7. The molecule has 0 aliphatic heterocycles. The van der Waals surface area contributed by atoms with Gasteiger partial charge in [-0.15, -0.1) is 20.5 Å². The van der Waals surface area contributed by atoms with Crippen LogP contribution in [0.4, 0.5) is 34.4 Å². The van der Waals surface area contributed by atoms with E-state index in [1.54, 1.807) is 24.3 Å². The van der Waals surface area contributed by atoms with Gasteiger partial charge in [0.05, 0.1) is 0 Å². The number of hydrogen-bond donors (Lipinski definition) is 4. The number of para-hydroxylation sites is 2. The van der Waals surface area contributed by atoms with E-state index in [0.717, 1.165) is 18.3 Å². The molecule has 16 nitrogen and oxygen atoms in total. The van der Waals surface area contributed by atoms with E-state index < -0.39 is 22.5 Å². The van der Waals surface area contributed by atoms with Gasteiger partial charge in [0, 0.05) is 28.2 Å². The standard InChI is InChI=1S/2C12H13N5O3/c2*1-16-10(13)9(11(19)17(2)12(16)20)15-14-7-5-3-4-6-8(7)18/h2*3-6,18H,13H2,1-2H3. The fraction of sp³-hybridized carbons (Fsp3) is 0.167. The maximum absolute atomic E-state index is 11.9. The van der Waals surface area contributed by atoms with Crippen LogP contribution in [0.15, 0.2) is 88.2 Å². The van der Waals surface area contributed by atoms with Crippen molar-refractivity contribution in [1.29, 1.82) is 0 Å². The molecule has 208 valence electrons. The Morgan fingerprint density at radius 3 is 1.20 bits per heavy atom. The molecule has 40 heavy (non-hydrogen) atoms. The minimum atomic E-state index is -0.648. The highest BCUT2D eigenvalue weighted by atomic mass is 16.3. The number of aromatic hydroxyl groups is 2. The fourth-order valence-electron chi connectivity index (χ4n) is 3.18. The quantitative estimate of drug-likeness (QED) is 0.272. The Hall–Kier alpha value is -5.80. The molecule has 2 heterocycles. The van der Waals surface area contributed by atoms with Crippen molar-refractivity contribution in [1.82, 2.24) is 18.3 Å². The molecular formula is C24H26N10O6. The molecule has 0 unspecified atom stereocenters. The van der Waals surface area contributed by atoms with Crippen LogP contribution in [0.2, 0.25) is 0 Å². The van der Waals surface area contributed by atoms with E-state index in [1.807, 2.05) is 0 Å². The van der Waals surface area contributed by atoms with Crippen molar-refractivity contribution in [3.05, 3.63) is 90.2 Å². The first-order valence-electron chi connectivity index (χ1n) is 11.4. The molecule has 4 aromatic rings. The van der Waals surface area contributed by atoms with Crippen molar-refractivity contribution in [2.24, 2.45) is 48.6 Å². The smallest absolute Gasteiger partial charge is 0.332 e. The Labute approximate surface area is 225 Å². The summed E-state index contributed by atoms with van der Waals surface area (Å²) < 4.78 is 3.96. The Morgan fingerprint density at radius 1 is 0.550 bits per heavy atom. The van der Waals surface area contributed by atoms with E-state index in [4.69, 9.17) is 11.5 Å². The predicted molar refractivity (Wildman–Crippen MR) is 147 cm³/mol. The summed E-state index contributed by atoms with van der Waals surface area (Å²) in [6, 6.07) is 12.5. The van der Waals surface area contributed by atoms with E-state index in [9.17, 15) is 29.4 Å². The van der Waals surface area contributed by atoms with Crippen LogP contribution < -0.4 is 34.0 Å². The van der Waals surface area contributed by atoms with Crippen LogP contribution >= 0.6 is 0 Å². The number of azo groups is 2. The van der Waals surface area contributed by atoms with E-state index >= 15 is 0 Å². The monoisotopic (exact) mass is 550 g/mol. The molecule has 0 radical (unpaired) electrons. The van der Waals surface area contributed by atoms with Crippen LogP contribution in [0.1, 0.15) is 0 Å². The van der Waals surface area contributed by atoms with E-state index in [0.29, 0.717) is 0 Å². The molecule has 0 atom stereocenters. The molecule has 6 N–H and O–H groups in total. The summed E-state index contributed by atoms with van der Waals surface area (Å²) in [5.41, 5.74) is 9.07. The Morgan fingerprint density at radius 2 is 0.875 bits per heavy atom. The molecule has 0 aliphatic rings. The third kappa shape index (κ3) is 5.69. The van der Waals surface area contributed by atoms with Gasteiger partial charge in [-0.2, -0.15) is 0 Å². The highest BCUT2D eigenvalue weighted by Gasteiger charge is 2.14. The average molecular weight is 551 g/mol. The molecule has 0 bridgehead atoms. The van der Waals surface area contributed by atoms with Crippen LogP contribution in [-0.4, -0.2) is 28.5 Å². The summed E-state index contributed by atoms with van der Waals surface area (Å²) in [6.07, 6.45) is 0. The number of rotatable bonds is 4. The van der Waals surface area contributed by atoms with Gasteiger partial charge in [0.25, 0.3) is 11.1 Å². The fourth-order valence-corrected chi connectivity index (χ4v) is 3.18. The number of phenols is 2. The first kappa shape index (κ1) is 28.8. The molecule has 0 fully saturated rings. The maximum atomic E-state index is 11.9. The first-order valence-corrected chi connectivity index (χ1v) is 11.4. The number of anilines is 2. The first-order chi connectivity index (χ1) is 18.9. The van der Waals surface area contributed by atoms with Crippen molar-refractivity contribution in [2.45, 2.75) is 0 Å². The lowest BCUT2D eigenvalue weighted by Crippen LogP contribution is -2.37. The summed E-state index contributed by atoms with van der Waals surface area (Å²) in [6.45, 7) is 0. The van der Waals surface area contributed by atoms with Gasteiger partial charge in [0.2, 0.25) is 0 Å². The average Bonchev–Trinajstić information content (AvgIpc) is 2.95. The lowest BCUT2D eigenvalue weighted by molar-refractivity contribution is 0.476. The molecule has 0 saturated heterocycles. The summed E-state index contributed by atoms with van der Waals surface area (Å²) in [4.78, 5) is 47.1. The number of nitrogens with zero attached hydrogens (tertiary/aromatic N) is 8. The zero-order valence-corrected chi connectivity index (χ0v) is 21.9. The highest BCUT2D eigenvalue weighted by molar-refractivity contribution is 5.58. The zero-order chi connectivity index (χ0) is 29.7. The molecule has 0 spiro atoms. The highest BCUT2D eigenvalue weighted by Crippen LogP contribution is 2.28. The number of phenolic OH excluding ortho intramolecular Hbond substituents is 2. The number of nitrogens with two attached hydrogens (primary N) is 2. The minimum absolute atomic E-state index is 0.0727. The number of aromatic nitrogens is 4. The number of nitrogen functional groups attached to an aromatic ring is 2. The van der Waals surface area contributed by atoms with Crippen LogP contribution in [-0.2, 0) is 28.2 Å². The van der Waals surface area contributed by atoms with Gasteiger partial charge in [0.1, 0.15) is 34.5 Å². The van der Waals surface area contributed by atoms with Crippen molar-refractivity contribution in [3.8, 4) is 11.5 Å². The Balaban J connectivity index is 0.000000220. The molecule has 0 aliphatic carbocycles. The summed E-state index contributed by atoms with van der Waals surface area (Å²) in [7, 11) is 5.50. The molecule has 0 saturated carbocycles. The Bertz CT molecular complexity index is 1740. The predicted octanol–water partition coefficient (Wildman–Crippen LogP) is 1.57. The summed E-state index contributed by atoms with van der Waals surface area (Å²) in [5, 5.41) is 34.2. The molecule has 0 amide bonds. The van der Waals surface area contributed by atoms with Gasteiger partial charge in [0.15, 0.2) is 11.4 Å². The van der Waals surface area contributed by atoms with Gasteiger partial charge in [-0.05, 0) is 24.3 Å². The van der Waals surface area contributed by atoms with Gasteiger partial charge >= 0.3 is 11.4 Å². The van der Waals surface area contributed by atoms with Crippen LogP contribution in [0.3, 0.4) is 0 Å². The largest absolute Gasteiger partial charge is 0.506 e. The zero-order valence-electron chi connectivity index (χ0n) is 21.9. The van der Waals surface area contributed by atoms with Crippen molar-refractivity contribution in [3.63, 3.8) is 0 Å². The summed E-state index contributed by atoms with van der Waals surface area (Å²) in [5.74, 6) is -0.317. The second-order valence-corrected chi connectivity index (χ2v) is 8.26. The van der Waals surface area contributed by atoms with Gasteiger partial charge in [-0.25, -0.2) is 9.59 Å². The normalized spacial score (nSPS) is 11.1. The lowest BCUT2D eigenvalue weighted by atomic mass is 10.3. The second-order valence-electron chi connectivity index (χ2n) is 8.26. The van der Waals surface area contributed by atoms with Gasteiger partial charge < -0.3 is 21.7 Å². The van der Waals surface area contributed by atoms with Crippen LogP contribution in [0.25, 0.3) is 0 Å². The molecule has 4 rings (SSSR count). The van der Waals surface area contributed by atoms with Crippen LogP contribution in [0.5, 0.6) is 11.5 Å². The Kier molecular flexibility index (Phi) is 8.43. The molecule has 2 aromatic heterocycles. The number of benzene rings is 2. The van der Waals surface area contributed by atoms with Gasteiger partial charge in [-0.1, -0.05) is 24.3 Å². The van der Waals surface area contributed by atoms with Gasteiger partial charge in [-0.3, -0.25) is 27.9 Å². The molecule has 16 heteroatoms. The molecule has 2 aromatic carbocycles. The molecular weight excluding hydrogens is 524 g/mol. The van der Waals surface area contributed by atoms with Crippen LogP contribution in [0, 0.1) is 0 Å². The minimum Gasteiger partial charge on any atom is -0.506 e. The third-order valence-electron chi connectivity index (χ3n) is 5.65. The van der Waals surface area contributed by atoms with E-state index in [2.05, 4.69) is 20.5 Å². The third-order valence-corrected chi connectivity index (χ3v) is 5.65. The number of hydrogen-bond acceptors (Lipinski definition) is 12. The maximum Gasteiger partial charge on any atom is 0.332 e. The van der Waals surface area contributed by atoms with E-state index in [-0.39, 0.29) is 45.9 Å². The summed E-state index contributed by atoms with van der Waals surface area (Å²) >= 11 is 0. The lowest BCUT2D eigenvalue weighted by Gasteiger charge is -2.07. The van der Waals surface area contributed by atoms with Crippen molar-refractivity contribution < 1.29 is 10.2 Å².